The highest BCUT2D eigenvalue weighted by Gasteiger charge is 2.35. The van der Waals surface area contributed by atoms with E-state index in [2.05, 4.69) is 5.10 Å². The van der Waals surface area contributed by atoms with Gasteiger partial charge in [-0.15, -0.1) is 0 Å². The maximum Gasteiger partial charge on any atom is 0.228 e. The van der Waals surface area contributed by atoms with Crippen molar-refractivity contribution in [3.8, 4) is 0 Å². The fourth-order valence-corrected chi connectivity index (χ4v) is 3.78. The summed E-state index contributed by atoms with van der Waals surface area (Å²) in [6.45, 7) is 2.16. The molecule has 0 spiro atoms. The van der Waals surface area contributed by atoms with Gasteiger partial charge < -0.3 is 15.4 Å². The zero-order valence-corrected chi connectivity index (χ0v) is 14.2. The summed E-state index contributed by atoms with van der Waals surface area (Å²) in [5, 5.41) is 4.26. The molecule has 132 valence electrons. The monoisotopic (exact) mass is 334 g/mol. The Hall–Kier alpha value is -1.89. The molecule has 2 N–H and O–H groups in total. The molecule has 24 heavy (non-hydrogen) atoms. The van der Waals surface area contributed by atoms with E-state index in [0.29, 0.717) is 18.9 Å². The number of amides is 2. The van der Waals surface area contributed by atoms with Gasteiger partial charge in [0, 0.05) is 32.9 Å². The van der Waals surface area contributed by atoms with Crippen molar-refractivity contribution in [1.29, 1.82) is 0 Å². The molecule has 7 heteroatoms. The number of ether oxygens (including phenoxy) is 1. The molecule has 0 aliphatic carbocycles. The molecule has 0 bridgehead atoms. The average Bonchev–Trinajstić information content (AvgIpc) is 3.17. The molecular weight excluding hydrogens is 308 g/mol. The molecule has 3 rings (SSSR count). The second-order valence-electron chi connectivity index (χ2n) is 6.92. The Morgan fingerprint density at radius 1 is 1.33 bits per heavy atom. The lowest BCUT2D eigenvalue weighted by Crippen LogP contribution is -2.40. The highest BCUT2D eigenvalue weighted by molar-refractivity contribution is 5.78. The maximum atomic E-state index is 12.4. The number of hydrogen-bond acceptors (Lipinski definition) is 4. The molecule has 2 fully saturated rings. The van der Waals surface area contributed by atoms with Crippen LogP contribution in [0, 0.1) is 11.8 Å². The van der Waals surface area contributed by atoms with E-state index in [1.54, 1.807) is 4.68 Å². The summed E-state index contributed by atoms with van der Waals surface area (Å²) in [5.74, 6) is 0.238. The molecule has 2 amide bonds. The smallest absolute Gasteiger partial charge is 0.228 e. The largest absolute Gasteiger partial charge is 0.377 e. The summed E-state index contributed by atoms with van der Waals surface area (Å²) in [6.07, 6.45) is 5.70. The number of hydrogen-bond donors (Lipinski definition) is 1. The van der Waals surface area contributed by atoms with Crippen LogP contribution >= 0.6 is 0 Å². The standard InChI is InChI=1S/C17H26N4O3/c1-20-6-4-13(19-20)11-16(22)21-7-2-12(3-8-21)10-15-14(17(18)23)5-9-24-15/h4,6,12,14-15H,2-3,5,7-11H2,1H3,(H2,18,23)/t14-,15-/m1/s1. The van der Waals surface area contributed by atoms with E-state index in [-0.39, 0.29) is 23.8 Å². The van der Waals surface area contributed by atoms with Crippen molar-refractivity contribution in [1.82, 2.24) is 14.7 Å². The summed E-state index contributed by atoms with van der Waals surface area (Å²) in [5.41, 5.74) is 6.26. The first kappa shape index (κ1) is 17.0. The number of carbonyl (C=O) groups excluding carboxylic acids is 2. The maximum absolute atomic E-state index is 12.4. The van der Waals surface area contributed by atoms with Crippen molar-refractivity contribution in [3.05, 3.63) is 18.0 Å². The van der Waals surface area contributed by atoms with Crippen LogP contribution in [0.1, 0.15) is 31.4 Å². The van der Waals surface area contributed by atoms with Crippen molar-refractivity contribution in [2.75, 3.05) is 19.7 Å². The lowest BCUT2D eigenvalue weighted by Gasteiger charge is -2.33. The summed E-state index contributed by atoms with van der Waals surface area (Å²) < 4.78 is 7.41. The van der Waals surface area contributed by atoms with Gasteiger partial charge >= 0.3 is 0 Å². The third kappa shape index (κ3) is 3.95. The van der Waals surface area contributed by atoms with Gasteiger partial charge in [-0.25, -0.2) is 0 Å². The molecule has 2 saturated heterocycles. The van der Waals surface area contributed by atoms with Crippen LogP contribution in [0.5, 0.6) is 0 Å². The quantitative estimate of drug-likeness (QED) is 0.848. The lowest BCUT2D eigenvalue weighted by molar-refractivity contribution is -0.132. The van der Waals surface area contributed by atoms with Gasteiger partial charge in [0.25, 0.3) is 0 Å². The van der Waals surface area contributed by atoms with Crippen LogP contribution in [0.15, 0.2) is 12.3 Å². The average molecular weight is 334 g/mol. The van der Waals surface area contributed by atoms with Gasteiger partial charge in [-0.3, -0.25) is 14.3 Å². The number of primary amides is 1. The highest BCUT2D eigenvalue weighted by atomic mass is 16.5. The van der Waals surface area contributed by atoms with Gasteiger partial charge in [0.05, 0.1) is 24.1 Å². The first-order valence-electron chi connectivity index (χ1n) is 8.70. The second-order valence-corrected chi connectivity index (χ2v) is 6.92. The number of nitrogens with zero attached hydrogens (tertiary/aromatic N) is 3. The van der Waals surface area contributed by atoms with Crippen LogP contribution in [-0.2, 0) is 27.8 Å². The Labute approximate surface area is 142 Å². The summed E-state index contributed by atoms with van der Waals surface area (Å²) in [6, 6.07) is 1.88. The van der Waals surface area contributed by atoms with E-state index >= 15 is 0 Å². The van der Waals surface area contributed by atoms with Crippen LogP contribution in [0.25, 0.3) is 0 Å². The summed E-state index contributed by atoms with van der Waals surface area (Å²) in [4.78, 5) is 25.7. The zero-order valence-electron chi connectivity index (χ0n) is 14.2. The van der Waals surface area contributed by atoms with E-state index in [1.165, 1.54) is 0 Å². The minimum Gasteiger partial charge on any atom is -0.377 e. The third-order valence-corrected chi connectivity index (χ3v) is 5.21. The van der Waals surface area contributed by atoms with Crippen LogP contribution < -0.4 is 5.73 Å². The second kappa shape index (κ2) is 7.34. The molecule has 0 saturated carbocycles. The lowest BCUT2D eigenvalue weighted by atomic mass is 9.86. The van der Waals surface area contributed by atoms with E-state index in [0.717, 1.165) is 44.5 Å². The number of rotatable bonds is 5. The van der Waals surface area contributed by atoms with Crippen molar-refractivity contribution in [2.24, 2.45) is 24.6 Å². The number of likely N-dealkylation sites (tertiary alicyclic amines) is 1. The first-order valence-corrected chi connectivity index (χ1v) is 8.70. The van der Waals surface area contributed by atoms with Crippen LogP contribution in [0.3, 0.4) is 0 Å². The van der Waals surface area contributed by atoms with E-state index in [1.807, 2.05) is 24.2 Å². The number of piperidine rings is 1. The predicted molar refractivity (Wildman–Crippen MR) is 87.9 cm³/mol. The number of aryl methyl sites for hydroxylation is 1. The molecule has 7 nitrogen and oxygen atoms in total. The highest BCUT2D eigenvalue weighted by Crippen LogP contribution is 2.30. The van der Waals surface area contributed by atoms with Crippen LogP contribution in [-0.4, -0.2) is 52.3 Å². The van der Waals surface area contributed by atoms with Crippen LogP contribution in [0.4, 0.5) is 0 Å². The zero-order chi connectivity index (χ0) is 17.1. The summed E-state index contributed by atoms with van der Waals surface area (Å²) in [7, 11) is 1.85. The van der Waals surface area contributed by atoms with Crippen molar-refractivity contribution in [3.63, 3.8) is 0 Å². The van der Waals surface area contributed by atoms with Crippen molar-refractivity contribution >= 4 is 11.8 Å². The minimum absolute atomic E-state index is 0.0386. The molecule has 2 aliphatic heterocycles. The first-order chi connectivity index (χ1) is 11.5. The predicted octanol–water partition coefficient (Wildman–Crippen LogP) is 0.482. The van der Waals surface area contributed by atoms with Crippen molar-refractivity contribution < 1.29 is 14.3 Å². The Morgan fingerprint density at radius 2 is 2.08 bits per heavy atom. The molecule has 0 radical (unpaired) electrons. The molecule has 3 heterocycles. The molecule has 1 aromatic heterocycles. The molecule has 2 aliphatic rings. The van der Waals surface area contributed by atoms with Gasteiger partial charge in [0.2, 0.25) is 11.8 Å². The Morgan fingerprint density at radius 3 is 2.71 bits per heavy atom. The molecule has 0 aromatic carbocycles. The van der Waals surface area contributed by atoms with Crippen LogP contribution in [0.2, 0.25) is 0 Å². The van der Waals surface area contributed by atoms with Gasteiger partial charge in [-0.05, 0) is 37.7 Å². The topological polar surface area (TPSA) is 90.5 Å². The Kier molecular flexibility index (Phi) is 5.18. The molecule has 1 aromatic rings. The van der Waals surface area contributed by atoms with Gasteiger partial charge in [0.1, 0.15) is 0 Å². The third-order valence-electron chi connectivity index (χ3n) is 5.21. The Bertz CT molecular complexity index is 592. The van der Waals surface area contributed by atoms with E-state index < -0.39 is 0 Å². The molecular formula is C17H26N4O3. The van der Waals surface area contributed by atoms with Crippen molar-refractivity contribution in [2.45, 2.75) is 38.2 Å². The Balaban J connectivity index is 1.45. The van der Waals surface area contributed by atoms with Gasteiger partial charge in [0.15, 0.2) is 0 Å². The summed E-state index contributed by atoms with van der Waals surface area (Å²) >= 11 is 0. The fraction of sp³-hybridized carbons (Fsp3) is 0.706. The van der Waals surface area contributed by atoms with Gasteiger partial charge in [-0.2, -0.15) is 5.10 Å². The van der Waals surface area contributed by atoms with E-state index in [9.17, 15) is 9.59 Å². The normalized spacial score (nSPS) is 25.1. The molecule has 0 unspecified atom stereocenters. The fourth-order valence-electron chi connectivity index (χ4n) is 3.78. The van der Waals surface area contributed by atoms with E-state index in [4.69, 9.17) is 10.5 Å². The minimum atomic E-state index is -0.250. The number of carbonyl (C=O) groups is 2. The SMILES string of the molecule is Cn1ccc(CC(=O)N2CCC(C[C@H]3OCC[C@H]3C(N)=O)CC2)n1. The molecule has 2 atom stereocenters. The van der Waals surface area contributed by atoms with Gasteiger partial charge in [-0.1, -0.05) is 0 Å². The number of nitrogens with two attached hydrogens (primary N) is 1. The number of aromatic nitrogens is 2.